The summed E-state index contributed by atoms with van der Waals surface area (Å²) in [6.45, 7) is -0.00876. The summed E-state index contributed by atoms with van der Waals surface area (Å²) in [7, 11) is -3.65. The van der Waals surface area contributed by atoms with Gasteiger partial charge in [0, 0.05) is 18.7 Å². The van der Waals surface area contributed by atoms with Gasteiger partial charge in [-0.1, -0.05) is 78.9 Å². The van der Waals surface area contributed by atoms with Crippen molar-refractivity contribution in [2.24, 2.45) is 0 Å². The number of esters is 1. The maximum atomic E-state index is 13.3. The van der Waals surface area contributed by atoms with Gasteiger partial charge in [-0.2, -0.15) is 4.31 Å². The first-order valence-corrected chi connectivity index (χ1v) is 12.2. The van der Waals surface area contributed by atoms with Crippen molar-refractivity contribution in [3.05, 3.63) is 102 Å². The molecule has 3 aromatic rings. The average molecular weight is 464 g/mol. The van der Waals surface area contributed by atoms with Crippen molar-refractivity contribution in [1.82, 2.24) is 4.31 Å². The standard InChI is InChI=1S/C26H25NO5S/c28-24(21-10-4-1-5-11-21)20-32-25(29)26(22-12-6-2-7-13-22)16-18-27(19-17-26)33(30,31)23-14-8-3-9-15-23/h1-15H,16-20H2. The fraction of sp³-hybridized carbons (Fsp3) is 0.231. The smallest absolute Gasteiger partial charge is 0.317 e. The Kier molecular flexibility index (Phi) is 6.72. The van der Waals surface area contributed by atoms with Crippen LogP contribution in [0.25, 0.3) is 0 Å². The number of Topliss-reactive ketones (excluding diaryl/α,β-unsaturated/α-hetero) is 1. The SMILES string of the molecule is O=C(COC(=O)C1(c2ccccc2)CCN(S(=O)(=O)c2ccccc2)CC1)c1ccccc1. The first-order chi connectivity index (χ1) is 15.9. The lowest BCUT2D eigenvalue weighted by Crippen LogP contribution is -2.49. The molecule has 0 aliphatic carbocycles. The molecular weight excluding hydrogens is 438 g/mol. The molecule has 7 heteroatoms. The molecule has 1 heterocycles. The van der Waals surface area contributed by atoms with E-state index in [1.807, 2.05) is 36.4 Å². The molecule has 6 nitrogen and oxygen atoms in total. The number of carbonyl (C=O) groups excluding carboxylic acids is 2. The van der Waals surface area contributed by atoms with Crippen LogP contribution in [0.4, 0.5) is 0 Å². The summed E-state index contributed by atoms with van der Waals surface area (Å²) in [5.74, 6) is -0.786. The van der Waals surface area contributed by atoms with E-state index in [-0.39, 0.29) is 43.2 Å². The minimum absolute atomic E-state index is 0.174. The molecule has 0 atom stereocenters. The first-order valence-electron chi connectivity index (χ1n) is 10.8. The van der Waals surface area contributed by atoms with Crippen molar-refractivity contribution in [3.63, 3.8) is 0 Å². The zero-order valence-corrected chi connectivity index (χ0v) is 18.9. The number of ketones is 1. The number of hydrogen-bond acceptors (Lipinski definition) is 5. The number of nitrogens with zero attached hydrogens (tertiary/aromatic N) is 1. The molecule has 0 bridgehead atoms. The molecule has 1 saturated heterocycles. The summed E-state index contributed by atoms with van der Waals surface area (Å²) in [6, 6.07) is 26.2. The molecule has 33 heavy (non-hydrogen) atoms. The summed E-state index contributed by atoms with van der Waals surface area (Å²) >= 11 is 0. The monoisotopic (exact) mass is 463 g/mol. The maximum absolute atomic E-state index is 13.3. The van der Waals surface area contributed by atoms with E-state index in [0.717, 1.165) is 5.56 Å². The van der Waals surface area contributed by atoms with E-state index in [2.05, 4.69) is 0 Å². The van der Waals surface area contributed by atoms with Crippen LogP contribution < -0.4 is 0 Å². The fourth-order valence-corrected chi connectivity index (χ4v) is 5.66. The van der Waals surface area contributed by atoms with Gasteiger partial charge in [0.2, 0.25) is 10.0 Å². The predicted molar refractivity (Wildman–Crippen MR) is 124 cm³/mol. The van der Waals surface area contributed by atoms with Gasteiger partial charge >= 0.3 is 5.97 Å². The van der Waals surface area contributed by atoms with Crippen molar-refractivity contribution in [3.8, 4) is 0 Å². The van der Waals surface area contributed by atoms with E-state index in [1.165, 1.54) is 4.31 Å². The second kappa shape index (κ2) is 9.68. The molecule has 1 aliphatic rings. The van der Waals surface area contributed by atoms with Crippen LogP contribution in [-0.2, 0) is 25.0 Å². The van der Waals surface area contributed by atoms with Crippen LogP contribution in [-0.4, -0.2) is 44.2 Å². The van der Waals surface area contributed by atoms with Gasteiger partial charge in [0.25, 0.3) is 0 Å². The molecule has 4 rings (SSSR count). The van der Waals surface area contributed by atoms with Gasteiger partial charge in [-0.05, 0) is 30.5 Å². The number of sulfonamides is 1. The topological polar surface area (TPSA) is 80.8 Å². The predicted octanol–water partition coefficient (Wildman–Crippen LogP) is 3.84. The Morgan fingerprint density at radius 2 is 1.30 bits per heavy atom. The largest absolute Gasteiger partial charge is 0.457 e. The Morgan fingerprint density at radius 1 is 0.788 bits per heavy atom. The Balaban J connectivity index is 1.53. The Bertz CT molecular complexity index is 1200. The molecule has 0 unspecified atom stereocenters. The van der Waals surface area contributed by atoms with Crippen LogP contribution >= 0.6 is 0 Å². The molecule has 0 amide bonds. The quantitative estimate of drug-likeness (QED) is 0.393. The lowest BCUT2D eigenvalue weighted by atomic mass is 9.73. The third kappa shape index (κ3) is 4.74. The van der Waals surface area contributed by atoms with Crippen LogP contribution in [0.3, 0.4) is 0 Å². The molecule has 0 saturated carbocycles. The molecule has 3 aromatic carbocycles. The number of benzene rings is 3. The van der Waals surface area contributed by atoms with Gasteiger partial charge in [0.15, 0.2) is 12.4 Å². The third-order valence-corrected chi connectivity index (χ3v) is 8.02. The normalized spacial score (nSPS) is 16.1. The van der Waals surface area contributed by atoms with Gasteiger partial charge in [0.1, 0.15) is 0 Å². The van der Waals surface area contributed by atoms with Crippen molar-refractivity contribution < 1.29 is 22.7 Å². The molecule has 0 radical (unpaired) electrons. The van der Waals surface area contributed by atoms with E-state index in [4.69, 9.17) is 4.74 Å². The molecule has 0 N–H and O–H groups in total. The van der Waals surface area contributed by atoms with E-state index in [0.29, 0.717) is 5.56 Å². The van der Waals surface area contributed by atoms with Crippen molar-refractivity contribution in [2.45, 2.75) is 23.2 Å². The summed E-state index contributed by atoms with van der Waals surface area (Å²) < 4.78 is 33.0. The summed E-state index contributed by atoms with van der Waals surface area (Å²) in [5.41, 5.74) is 0.225. The van der Waals surface area contributed by atoms with Gasteiger partial charge in [0.05, 0.1) is 10.3 Å². The van der Waals surface area contributed by atoms with E-state index >= 15 is 0 Å². The molecule has 0 aromatic heterocycles. The molecule has 170 valence electrons. The zero-order valence-electron chi connectivity index (χ0n) is 18.1. The van der Waals surface area contributed by atoms with Crippen LogP contribution in [0, 0.1) is 0 Å². The second-order valence-electron chi connectivity index (χ2n) is 8.03. The summed E-state index contributed by atoms with van der Waals surface area (Å²) in [6.07, 6.45) is 0.531. The minimum Gasteiger partial charge on any atom is -0.457 e. The zero-order chi connectivity index (χ0) is 23.3. The lowest BCUT2D eigenvalue weighted by molar-refractivity contribution is -0.151. The summed E-state index contributed by atoms with van der Waals surface area (Å²) in [4.78, 5) is 26.0. The van der Waals surface area contributed by atoms with Crippen molar-refractivity contribution in [1.29, 1.82) is 0 Å². The molecule has 1 aliphatic heterocycles. The van der Waals surface area contributed by atoms with Gasteiger partial charge < -0.3 is 4.74 Å². The molecule has 0 spiro atoms. The van der Waals surface area contributed by atoms with Crippen molar-refractivity contribution in [2.75, 3.05) is 19.7 Å². The average Bonchev–Trinajstić information content (AvgIpc) is 2.88. The van der Waals surface area contributed by atoms with E-state index in [9.17, 15) is 18.0 Å². The van der Waals surface area contributed by atoms with Gasteiger partial charge in [-0.25, -0.2) is 8.42 Å². The maximum Gasteiger partial charge on any atom is 0.317 e. The fourth-order valence-electron chi connectivity index (χ4n) is 4.19. The number of piperidine rings is 1. The van der Waals surface area contributed by atoms with Gasteiger partial charge in [-0.3, -0.25) is 9.59 Å². The van der Waals surface area contributed by atoms with Crippen molar-refractivity contribution >= 4 is 21.8 Å². The van der Waals surface area contributed by atoms with Crippen LogP contribution in [0.1, 0.15) is 28.8 Å². The summed E-state index contributed by atoms with van der Waals surface area (Å²) in [5, 5.41) is 0. The number of ether oxygens (including phenoxy) is 1. The number of rotatable bonds is 7. The van der Waals surface area contributed by atoms with Crippen LogP contribution in [0.5, 0.6) is 0 Å². The van der Waals surface area contributed by atoms with E-state index in [1.54, 1.807) is 54.6 Å². The molecular formula is C26H25NO5S. The third-order valence-electron chi connectivity index (χ3n) is 6.10. The van der Waals surface area contributed by atoms with E-state index < -0.39 is 21.4 Å². The Morgan fingerprint density at radius 3 is 1.88 bits per heavy atom. The Labute approximate surface area is 193 Å². The lowest BCUT2D eigenvalue weighted by Gasteiger charge is -2.39. The van der Waals surface area contributed by atoms with Crippen LogP contribution in [0.2, 0.25) is 0 Å². The van der Waals surface area contributed by atoms with Crippen LogP contribution in [0.15, 0.2) is 95.9 Å². The highest BCUT2D eigenvalue weighted by Gasteiger charge is 2.46. The highest BCUT2D eigenvalue weighted by Crippen LogP contribution is 2.38. The molecule has 1 fully saturated rings. The number of hydrogen-bond donors (Lipinski definition) is 0. The van der Waals surface area contributed by atoms with Gasteiger partial charge in [-0.15, -0.1) is 0 Å². The minimum atomic E-state index is -3.65. The highest BCUT2D eigenvalue weighted by atomic mass is 32.2. The number of carbonyl (C=O) groups is 2. The highest BCUT2D eigenvalue weighted by molar-refractivity contribution is 7.89. The Hall–Kier alpha value is -3.29. The first kappa shape index (κ1) is 22.9. The second-order valence-corrected chi connectivity index (χ2v) is 9.97.